The molecule has 1 aliphatic rings. The molecule has 44 heavy (non-hydrogen) atoms. The Balaban J connectivity index is 1.25. The molecule has 0 unspecified atom stereocenters. The molecule has 0 saturated heterocycles. The number of benzene rings is 3. The van der Waals surface area contributed by atoms with Gasteiger partial charge in [-0.15, -0.1) is 11.3 Å². The van der Waals surface area contributed by atoms with Gasteiger partial charge in [0.05, 0.1) is 22.5 Å². The molecule has 2 heterocycles. The van der Waals surface area contributed by atoms with Crippen molar-refractivity contribution in [1.29, 1.82) is 0 Å². The smallest absolute Gasteiger partial charge is 0.247 e. The normalized spacial score (nSPS) is 13.5. The highest BCUT2D eigenvalue weighted by Crippen LogP contribution is 2.49. The van der Waals surface area contributed by atoms with Crippen molar-refractivity contribution < 1.29 is 23.5 Å². The molecule has 0 spiro atoms. The average Bonchev–Trinajstić information content (AvgIpc) is 3.74. The molecule has 6 rings (SSSR count). The standard InChI is InChI=1S/C34H31FN4O4S/c1-42-18-17-37-21-22-7-9-23(10-8-22)30-20-27-31(44-30)29(13-16-38-27)43-28-12-11-25(19-26(28)35)39(24-5-3-2-4-6-24)33(41)34(14-15-34)32(36)40/h2-13,16,19-20,37H,14-15,17-18,21H2,1H3,(H2,36,40). The number of carbonyl (C=O) groups excluding carboxylic acids is 2. The quantitative estimate of drug-likeness (QED) is 0.122. The summed E-state index contributed by atoms with van der Waals surface area (Å²) in [7, 11) is 1.68. The fourth-order valence-electron chi connectivity index (χ4n) is 5.03. The second-order valence-electron chi connectivity index (χ2n) is 10.6. The lowest BCUT2D eigenvalue weighted by Crippen LogP contribution is -2.41. The van der Waals surface area contributed by atoms with Gasteiger partial charge in [0.1, 0.15) is 11.2 Å². The van der Waals surface area contributed by atoms with Gasteiger partial charge in [0, 0.05) is 49.1 Å². The van der Waals surface area contributed by atoms with Crippen molar-refractivity contribution in [1.82, 2.24) is 10.3 Å². The number of pyridine rings is 1. The molecule has 2 amide bonds. The first-order valence-electron chi connectivity index (χ1n) is 14.2. The first-order chi connectivity index (χ1) is 21.4. The predicted molar refractivity (Wildman–Crippen MR) is 170 cm³/mol. The van der Waals surface area contributed by atoms with Crippen molar-refractivity contribution in [3.63, 3.8) is 0 Å². The van der Waals surface area contributed by atoms with Crippen LogP contribution in [0.1, 0.15) is 18.4 Å². The minimum atomic E-state index is -1.28. The highest BCUT2D eigenvalue weighted by Gasteiger charge is 2.57. The zero-order valence-electron chi connectivity index (χ0n) is 24.1. The van der Waals surface area contributed by atoms with Gasteiger partial charge < -0.3 is 20.5 Å². The molecule has 1 saturated carbocycles. The summed E-state index contributed by atoms with van der Waals surface area (Å²) in [6.07, 6.45) is 2.36. The lowest BCUT2D eigenvalue weighted by molar-refractivity contribution is -0.133. The maximum absolute atomic E-state index is 15.6. The summed E-state index contributed by atoms with van der Waals surface area (Å²) in [6, 6.07) is 25.1. The number of thiophene rings is 1. The van der Waals surface area contributed by atoms with Gasteiger partial charge >= 0.3 is 0 Å². The lowest BCUT2D eigenvalue weighted by Gasteiger charge is -2.26. The number of methoxy groups -OCH3 is 1. The van der Waals surface area contributed by atoms with Gasteiger partial charge in [-0.2, -0.15) is 0 Å². The molecule has 224 valence electrons. The van der Waals surface area contributed by atoms with E-state index in [1.54, 1.807) is 49.7 Å². The summed E-state index contributed by atoms with van der Waals surface area (Å²) in [4.78, 5) is 32.6. The van der Waals surface area contributed by atoms with Gasteiger partial charge in [0.2, 0.25) is 11.8 Å². The monoisotopic (exact) mass is 610 g/mol. The van der Waals surface area contributed by atoms with Crippen LogP contribution in [0.5, 0.6) is 11.5 Å². The van der Waals surface area contributed by atoms with E-state index in [4.69, 9.17) is 15.2 Å². The molecule has 0 atom stereocenters. The first-order valence-corrected chi connectivity index (χ1v) is 15.1. The molecule has 5 aromatic rings. The lowest BCUT2D eigenvalue weighted by atomic mass is 10.0. The van der Waals surface area contributed by atoms with Crippen LogP contribution in [-0.2, 0) is 20.9 Å². The molecule has 0 bridgehead atoms. The number of amides is 2. The van der Waals surface area contributed by atoms with Gasteiger partial charge in [-0.25, -0.2) is 4.39 Å². The van der Waals surface area contributed by atoms with Crippen molar-refractivity contribution >= 4 is 44.7 Å². The van der Waals surface area contributed by atoms with E-state index in [1.165, 1.54) is 33.9 Å². The number of aromatic nitrogens is 1. The number of halogens is 1. The van der Waals surface area contributed by atoms with Crippen LogP contribution in [0, 0.1) is 11.2 Å². The number of ether oxygens (including phenoxy) is 2. The number of fused-ring (bicyclic) bond motifs is 1. The van der Waals surface area contributed by atoms with Crippen molar-refractivity contribution in [2.75, 3.05) is 25.2 Å². The Morgan fingerprint density at radius 1 is 1.00 bits per heavy atom. The molecule has 10 heteroatoms. The number of hydrogen-bond acceptors (Lipinski definition) is 7. The maximum atomic E-state index is 15.6. The van der Waals surface area contributed by atoms with E-state index in [2.05, 4.69) is 34.6 Å². The Bertz CT molecular complexity index is 1810. The van der Waals surface area contributed by atoms with Crippen molar-refractivity contribution in [2.24, 2.45) is 11.1 Å². The maximum Gasteiger partial charge on any atom is 0.247 e. The fourth-order valence-corrected chi connectivity index (χ4v) is 6.10. The van der Waals surface area contributed by atoms with E-state index in [1.807, 2.05) is 12.1 Å². The Hall–Kier alpha value is -4.64. The third-order valence-electron chi connectivity index (χ3n) is 7.67. The van der Waals surface area contributed by atoms with Crippen LogP contribution in [0.4, 0.5) is 15.8 Å². The number of nitrogens with one attached hydrogen (secondary N) is 1. The number of rotatable bonds is 12. The van der Waals surface area contributed by atoms with Crippen LogP contribution in [-0.4, -0.2) is 37.1 Å². The zero-order chi connectivity index (χ0) is 30.7. The third kappa shape index (κ3) is 5.92. The minimum Gasteiger partial charge on any atom is -0.453 e. The van der Waals surface area contributed by atoms with Crippen molar-refractivity contribution in [2.45, 2.75) is 19.4 Å². The average molecular weight is 611 g/mol. The summed E-state index contributed by atoms with van der Waals surface area (Å²) in [5.74, 6) is -1.33. The summed E-state index contributed by atoms with van der Waals surface area (Å²) < 4.78 is 27.5. The number of primary amides is 1. The minimum absolute atomic E-state index is 0.00183. The van der Waals surface area contributed by atoms with E-state index < -0.39 is 23.0 Å². The summed E-state index contributed by atoms with van der Waals surface area (Å²) in [5, 5.41) is 3.34. The molecular weight excluding hydrogens is 579 g/mol. The van der Waals surface area contributed by atoms with Crippen LogP contribution in [0.2, 0.25) is 0 Å². The summed E-state index contributed by atoms with van der Waals surface area (Å²) >= 11 is 1.52. The predicted octanol–water partition coefficient (Wildman–Crippen LogP) is 6.56. The second-order valence-corrected chi connectivity index (χ2v) is 11.7. The van der Waals surface area contributed by atoms with E-state index in [-0.39, 0.29) is 11.4 Å². The van der Waals surface area contributed by atoms with Crippen molar-refractivity contribution in [3.8, 4) is 21.9 Å². The molecule has 8 nitrogen and oxygen atoms in total. The highest BCUT2D eigenvalue weighted by atomic mass is 32.1. The second kappa shape index (κ2) is 12.5. The number of anilines is 2. The first kappa shape index (κ1) is 29.4. The van der Waals surface area contributed by atoms with Gasteiger partial charge in [-0.05, 0) is 54.3 Å². The third-order valence-corrected chi connectivity index (χ3v) is 8.86. The molecule has 1 aliphatic carbocycles. The van der Waals surface area contributed by atoms with Gasteiger partial charge in [-0.3, -0.25) is 19.5 Å². The largest absolute Gasteiger partial charge is 0.453 e. The Labute approximate surface area is 258 Å². The van der Waals surface area contributed by atoms with Crippen LogP contribution in [0.15, 0.2) is 91.1 Å². The fraction of sp³-hybridized carbons (Fsp3) is 0.206. The van der Waals surface area contributed by atoms with Crippen LogP contribution >= 0.6 is 11.3 Å². The molecule has 1 fully saturated rings. The van der Waals surface area contributed by atoms with Gasteiger partial charge in [-0.1, -0.05) is 42.5 Å². The van der Waals surface area contributed by atoms with E-state index in [0.29, 0.717) is 30.9 Å². The molecule has 0 aliphatic heterocycles. The number of hydrogen-bond donors (Lipinski definition) is 2. The van der Waals surface area contributed by atoms with Gasteiger partial charge in [0.25, 0.3) is 0 Å². The molecule has 3 aromatic carbocycles. The highest BCUT2D eigenvalue weighted by molar-refractivity contribution is 7.22. The Morgan fingerprint density at radius 3 is 2.45 bits per heavy atom. The number of nitrogens with two attached hydrogens (primary N) is 1. The number of nitrogens with zero attached hydrogens (tertiary/aromatic N) is 2. The van der Waals surface area contributed by atoms with Crippen LogP contribution in [0.25, 0.3) is 20.7 Å². The van der Waals surface area contributed by atoms with Gasteiger partial charge in [0.15, 0.2) is 11.6 Å². The van der Waals surface area contributed by atoms with E-state index in [9.17, 15) is 9.59 Å². The zero-order valence-corrected chi connectivity index (χ0v) is 24.9. The van der Waals surface area contributed by atoms with Crippen LogP contribution < -0.4 is 20.7 Å². The van der Waals surface area contributed by atoms with Crippen LogP contribution in [0.3, 0.4) is 0 Å². The number of carbonyl (C=O) groups is 2. The van der Waals surface area contributed by atoms with E-state index >= 15 is 4.39 Å². The molecule has 3 N–H and O–H groups in total. The van der Waals surface area contributed by atoms with Crippen molar-refractivity contribution in [3.05, 3.63) is 103 Å². The summed E-state index contributed by atoms with van der Waals surface area (Å²) in [5.41, 5.74) is 8.06. The molecular formula is C34H31FN4O4S. The topological polar surface area (TPSA) is 107 Å². The number of para-hydroxylation sites is 1. The molecule has 2 aromatic heterocycles. The SMILES string of the molecule is COCCNCc1ccc(-c2cc3nccc(Oc4ccc(N(C(=O)C5(C(N)=O)CC5)c5ccccc5)cc4F)c3s2)cc1. The Kier molecular flexibility index (Phi) is 8.38. The summed E-state index contributed by atoms with van der Waals surface area (Å²) in [6.45, 7) is 2.20. The van der Waals surface area contributed by atoms with E-state index in [0.717, 1.165) is 33.7 Å². The molecule has 0 radical (unpaired) electrons. The Morgan fingerprint density at radius 2 is 1.77 bits per heavy atom.